The number of carboxylic acid groups (broad SMARTS) is 1. The van der Waals surface area contributed by atoms with E-state index >= 15 is 0 Å². The number of carboxylic acids is 1. The van der Waals surface area contributed by atoms with Crippen LogP contribution in [0.1, 0.15) is 24.2 Å². The Balaban J connectivity index is 3.08. The van der Waals surface area contributed by atoms with Gasteiger partial charge < -0.3 is 9.84 Å². The van der Waals surface area contributed by atoms with Gasteiger partial charge in [0.05, 0.1) is 6.10 Å². The Kier molecular flexibility index (Phi) is 3.74. The molecule has 0 bridgehead atoms. The monoisotopic (exact) mass is 306 g/mol. The third-order valence-corrected chi connectivity index (χ3v) is 2.21. The number of halogens is 1. The molecule has 0 aliphatic carbocycles. The van der Waals surface area contributed by atoms with Crippen LogP contribution in [0.4, 0.5) is 0 Å². The Labute approximate surface area is 96.2 Å². The van der Waals surface area contributed by atoms with E-state index in [1.54, 1.807) is 12.1 Å². The summed E-state index contributed by atoms with van der Waals surface area (Å²) in [5.41, 5.74) is 0.214. The summed E-state index contributed by atoms with van der Waals surface area (Å²) in [4.78, 5) is 10.9. The number of aromatic carboxylic acids is 1. The molecule has 4 heteroatoms. The van der Waals surface area contributed by atoms with Crippen LogP contribution in [0.15, 0.2) is 18.2 Å². The number of carbonyl (C=O) groups is 1. The van der Waals surface area contributed by atoms with Crippen LogP contribution in [0.3, 0.4) is 0 Å². The minimum absolute atomic E-state index is 0.0202. The molecule has 0 saturated carbocycles. The molecular weight excluding hydrogens is 295 g/mol. The number of hydrogen-bond donors (Lipinski definition) is 1. The summed E-state index contributed by atoms with van der Waals surface area (Å²) in [6, 6.07) is 5.11. The molecule has 0 aliphatic rings. The van der Waals surface area contributed by atoms with Gasteiger partial charge >= 0.3 is 5.97 Å². The number of hydrogen-bond acceptors (Lipinski definition) is 2. The summed E-state index contributed by atoms with van der Waals surface area (Å²) in [7, 11) is 0. The highest BCUT2D eigenvalue weighted by Gasteiger charge is 2.12. The van der Waals surface area contributed by atoms with Gasteiger partial charge in [0.25, 0.3) is 0 Å². The second kappa shape index (κ2) is 4.63. The van der Waals surface area contributed by atoms with E-state index in [0.717, 1.165) is 3.57 Å². The summed E-state index contributed by atoms with van der Waals surface area (Å²) in [5, 5.41) is 8.92. The predicted molar refractivity (Wildman–Crippen MR) is 61.9 cm³/mol. The molecule has 0 spiro atoms. The maximum atomic E-state index is 10.9. The molecule has 3 nitrogen and oxygen atoms in total. The highest BCUT2D eigenvalue weighted by Crippen LogP contribution is 2.22. The fourth-order valence-electron chi connectivity index (χ4n) is 1.03. The predicted octanol–water partition coefficient (Wildman–Crippen LogP) is 2.78. The van der Waals surface area contributed by atoms with Crippen molar-refractivity contribution in [3.63, 3.8) is 0 Å². The zero-order valence-electron chi connectivity index (χ0n) is 7.95. The van der Waals surface area contributed by atoms with Crippen molar-refractivity contribution < 1.29 is 14.6 Å². The van der Waals surface area contributed by atoms with Crippen LogP contribution in [0, 0.1) is 3.57 Å². The molecule has 0 fully saturated rings. The van der Waals surface area contributed by atoms with Crippen LogP contribution in [0.2, 0.25) is 0 Å². The van der Waals surface area contributed by atoms with Gasteiger partial charge in [-0.3, -0.25) is 0 Å². The molecule has 0 saturated heterocycles. The molecule has 0 atom stereocenters. The van der Waals surface area contributed by atoms with Gasteiger partial charge in [0.2, 0.25) is 0 Å². The van der Waals surface area contributed by atoms with Crippen molar-refractivity contribution in [1.29, 1.82) is 0 Å². The quantitative estimate of drug-likeness (QED) is 0.874. The fraction of sp³-hybridized carbons (Fsp3) is 0.300. The smallest absolute Gasteiger partial charge is 0.339 e. The summed E-state index contributed by atoms with van der Waals surface area (Å²) >= 11 is 2.07. The van der Waals surface area contributed by atoms with Gasteiger partial charge in [-0.25, -0.2) is 4.79 Å². The second-order valence-corrected chi connectivity index (χ2v) is 4.36. The van der Waals surface area contributed by atoms with Crippen molar-refractivity contribution in [3.8, 4) is 5.75 Å². The maximum absolute atomic E-state index is 10.9. The second-order valence-electron chi connectivity index (χ2n) is 3.11. The fourth-order valence-corrected chi connectivity index (χ4v) is 1.52. The highest BCUT2D eigenvalue weighted by molar-refractivity contribution is 14.1. The molecule has 76 valence electrons. The molecule has 1 rings (SSSR count). The van der Waals surface area contributed by atoms with E-state index in [1.165, 1.54) is 0 Å². The summed E-state index contributed by atoms with van der Waals surface area (Å²) in [6.45, 7) is 3.73. The first-order valence-corrected chi connectivity index (χ1v) is 5.28. The normalized spacial score (nSPS) is 10.3. The Bertz CT molecular complexity index is 347. The lowest BCUT2D eigenvalue weighted by molar-refractivity contribution is 0.0690. The molecule has 0 aromatic heterocycles. The van der Waals surface area contributed by atoms with Gasteiger partial charge in [-0.1, -0.05) is 0 Å². The lowest BCUT2D eigenvalue weighted by atomic mass is 10.2. The van der Waals surface area contributed by atoms with Crippen LogP contribution in [-0.2, 0) is 0 Å². The van der Waals surface area contributed by atoms with E-state index in [-0.39, 0.29) is 11.7 Å². The van der Waals surface area contributed by atoms with E-state index in [4.69, 9.17) is 9.84 Å². The topological polar surface area (TPSA) is 46.5 Å². The molecule has 0 heterocycles. The van der Waals surface area contributed by atoms with Gasteiger partial charge in [-0.05, 0) is 54.6 Å². The van der Waals surface area contributed by atoms with Crippen molar-refractivity contribution >= 4 is 28.6 Å². The molecule has 0 radical (unpaired) electrons. The van der Waals surface area contributed by atoms with Crippen molar-refractivity contribution in [2.24, 2.45) is 0 Å². The average molecular weight is 306 g/mol. The molecule has 0 unspecified atom stereocenters. The Morgan fingerprint density at radius 2 is 2.14 bits per heavy atom. The highest BCUT2D eigenvalue weighted by atomic mass is 127. The van der Waals surface area contributed by atoms with Crippen LogP contribution in [-0.4, -0.2) is 17.2 Å². The molecule has 1 aromatic carbocycles. The van der Waals surface area contributed by atoms with E-state index in [0.29, 0.717) is 5.75 Å². The van der Waals surface area contributed by atoms with Crippen LogP contribution in [0.25, 0.3) is 0 Å². The van der Waals surface area contributed by atoms with E-state index in [2.05, 4.69) is 22.6 Å². The van der Waals surface area contributed by atoms with Crippen molar-refractivity contribution in [2.45, 2.75) is 20.0 Å². The zero-order chi connectivity index (χ0) is 10.7. The first-order valence-electron chi connectivity index (χ1n) is 4.20. The maximum Gasteiger partial charge on any atom is 0.339 e. The van der Waals surface area contributed by atoms with Gasteiger partial charge in [-0.15, -0.1) is 0 Å². The van der Waals surface area contributed by atoms with E-state index in [9.17, 15) is 4.79 Å². The van der Waals surface area contributed by atoms with Gasteiger partial charge in [0.1, 0.15) is 11.3 Å². The lowest BCUT2D eigenvalue weighted by Crippen LogP contribution is -2.09. The van der Waals surface area contributed by atoms with Crippen LogP contribution >= 0.6 is 22.6 Å². The van der Waals surface area contributed by atoms with Gasteiger partial charge in [0, 0.05) is 3.57 Å². The molecule has 1 aromatic rings. The number of rotatable bonds is 3. The largest absolute Gasteiger partial charge is 0.490 e. The van der Waals surface area contributed by atoms with Crippen molar-refractivity contribution in [1.82, 2.24) is 0 Å². The molecule has 0 amide bonds. The van der Waals surface area contributed by atoms with Crippen LogP contribution in [0.5, 0.6) is 5.75 Å². The summed E-state index contributed by atoms with van der Waals surface area (Å²) in [6.07, 6.45) is -0.0202. The van der Waals surface area contributed by atoms with E-state index in [1.807, 2.05) is 19.9 Å². The minimum atomic E-state index is -0.959. The number of benzene rings is 1. The Morgan fingerprint density at radius 1 is 1.50 bits per heavy atom. The molecule has 1 N–H and O–H groups in total. The minimum Gasteiger partial charge on any atom is -0.490 e. The lowest BCUT2D eigenvalue weighted by Gasteiger charge is -2.12. The number of ether oxygens (including phenoxy) is 1. The van der Waals surface area contributed by atoms with Gasteiger partial charge in [-0.2, -0.15) is 0 Å². The summed E-state index contributed by atoms with van der Waals surface area (Å²) < 4.78 is 6.26. The standard InChI is InChI=1S/C10H11IO3/c1-6(2)14-9-4-3-7(11)5-8(9)10(12)13/h3-6H,1-2H3,(H,12,13). The molecular formula is C10H11IO3. The first-order chi connectivity index (χ1) is 6.50. The van der Waals surface area contributed by atoms with E-state index < -0.39 is 5.97 Å². The Hall–Kier alpha value is -0.780. The first kappa shape index (κ1) is 11.3. The average Bonchev–Trinajstić information content (AvgIpc) is 2.07. The third kappa shape index (κ3) is 2.87. The molecule has 14 heavy (non-hydrogen) atoms. The third-order valence-electron chi connectivity index (χ3n) is 1.53. The van der Waals surface area contributed by atoms with Crippen molar-refractivity contribution in [3.05, 3.63) is 27.3 Å². The SMILES string of the molecule is CC(C)Oc1ccc(I)cc1C(=O)O. The Morgan fingerprint density at radius 3 is 2.64 bits per heavy atom. The van der Waals surface area contributed by atoms with Crippen LogP contribution < -0.4 is 4.74 Å². The molecule has 0 aliphatic heterocycles. The van der Waals surface area contributed by atoms with Gasteiger partial charge in [0.15, 0.2) is 0 Å². The summed E-state index contributed by atoms with van der Waals surface area (Å²) in [5.74, 6) is -0.535. The van der Waals surface area contributed by atoms with Crippen molar-refractivity contribution in [2.75, 3.05) is 0 Å². The zero-order valence-corrected chi connectivity index (χ0v) is 10.1.